The Bertz CT molecular complexity index is 920. The van der Waals surface area contributed by atoms with Gasteiger partial charge in [0.25, 0.3) is 0 Å². The van der Waals surface area contributed by atoms with Gasteiger partial charge in [0.2, 0.25) is 5.51 Å². The lowest BCUT2D eigenvalue weighted by molar-refractivity contribution is -0.683. The maximum Gasteiger partial charge on any atom is 0.407 e. The van der Waals surface area contributed by atoms with E-state index in [4.69, 9.17) is 18.5 Å². The third-order valence-corrected chi connectivity index (χ3v) is 8.40. The first kappa shape index (κ1) is 36.4. The van der Waals surface area contributed by atoms with Gasteiger partial charge in [0, 0.05) is 13.2 Å². The Morgan fingerprint density at radius 2 is 1.57 bits per heavy atom. The normalized spacial score (nSPS) is 12.6. The monoisotopic (exact) mass is 625 g/mol. The minimum atomic E-state index is -2.17. The summed E-state index contributed by atoms with van der Waals surface area (Å²) in [5.74, 6) is 0.567. The van der Waals surface area contributed by atoms with Crippen molar-refractivity contribution in [3.05, 3.63) is 46.9 Å². The zero-order valence-corrected chi connectivity index (χ0v) is 27.6. The Labute approximate surface area is 259 Å². The molecule has 0 aliphatic heterocycles. The number of aromatic nitrogens is 1. The molecule has 8 nitrogen and oxygen atoms in total. The molecule has 238 valence electrons. The second-order valence-corrected chi connectivity index (χ2v) is 12.3. The smallest absolute Gasteiger partial charge is 0.407 e. The number of alkyl carbamates (subject to hydrolysis) is 1. The van der Waals surface area contributed by atoms with E-state index >= 15 is 0 Å². The lowest BCUT2D eigenvalue weighted by atomic mass is 10.0. The molecule has 2 rings (SSSR count). The van der Waals surface area contributed by atoms with E-state index in [0.717, 1.165) is 18.4 Å². The predicted molar refractivity (Wildman–Crippen MR) is 171 cm³/mol. The van der Waals surface area contributed by atoms with Crippen molar-refractivity contribution >= 4 is 26.0 Å². The molecule has 2 aromatic rings. The van der Waals surface area contributed by atoms with Gasteiger partial charge in [0.15, 0.2) is 12.7 Å². The number of ether oxygens (including phenoxy) is 2. The summed E-state index contributed by atoms with van der Waals surface area (Å²) in [7, 11) is -2.17. The first-order valence-corrected chi connectivity index (χ1v) is 18.0. The Morgan fingerprint density at radius 3 is 2.19 bits per heavy atom. The van der Waals surface area contributed by atoms with Crippen molar-refractivity contribution < 1.29 is 32.8 Å². The van der Waals surface area contributed by atoms with Gasteiger partial charge in [-0.3, -0.25) is 4.52 Å². The van der Waals surface area contributed by atoms with Crippen LogP contribution < -0.4 is 14.4 Å². The summed E-state index contributed by atoms with van der Waals surface area (Å²) in [6.07, 6.45) is 19.3. The number of hydrogen-bond donors (Lipinski definition) is 2. The second kappa shape index (κ2) is 24.6. The summed E-state index contributed by atoms with van der Waals surface area (Å²) in [4.78, 5) is 22.5. The lowest BCUT2D eigenvalue weighted by Crippen LogP contribution is -2.32. The average Bonchev–Trinajstić information content (AvgIpc) is 3.51. The molecule has 2 atom stereocenters. The topological polar surface area (TPSA) is 90.1 Å². The molecule has 1 aromatic heterocycles. The zero-order valence-electron chi connectivity index (χ0n) is 25.8. The maximum atomic E-state index is 12.1. The number of thiazole rings is 1. The van der Waals surface area contributed by atoms with Crippen LogP contribution in [0.5, 0.6) is 5.75 Å². The number of amides is 1. The highest BCUT2D eigenvalue weighted by atomic mass is 32.1. The van der Waals surface area contributed by atoms with E-state index in [1.165, 1.54) is 77.0 Å². The molecule has 0 radical (unpaired) electrons. The van der Waals surface area contributed by atoms with Crippen LogP contribution in [0.15, 0.2) is 41.4 Å². The number of carbonyl (C=O) groups is 1. The van der Waals surface area contributed by atoms with E-state index < -0.39 is 20.8 Å². The van der Waals surface area contributed by atoms with Crippen molar-refractivity contribution in [1.29, 1.82) is 0 Å². The van der Waals surface area contributed by atoms with Crippen LogP contribution in [0.4, 0.5) is 4.79 Å². The van der Waals surface area contributed by atoms with Crippen molar-refractivity contribution in [3.8, 4) is 5.75 Å². The van der Waals surface area contributed by atoms with Gasteiger partial charge in [-0.15, -0.1) is 0 Å². The van der Waals surface area contributed by atoms with Crippen LogP contribution in [0.1, 0.15) is 109 Å². The summed E-state index contributed by atoms with van der Waals surface area (Å²) in [6, 6.07) is 7.55. The molecule has 2 unspecified atom stereocenters. The van der Waals surface area contributed by atoms with Crippen molar-refractivity contribution in [1.82, 2.24) is 5.32 Å². The molecule has 1 aromatic carbocycles. The van der Waals surface area contributed by atoms with Gasteiger partial charge in [-0.2, -0.15) is 4.57 Å². The highest BCUT2D eigenvalue weighted by molar-refractivity contribution is 7.41. The Hall–Kier alpha value is -1.77. The van der Waals surface area contributed by atoms with Crippen LogP contribution in [-0.2, 0) is 20.5 Å². The van der Waals surface area contributed by atoms with Crippen LogP contribution in [0.25, 0.3) is 0 Å². The molecule has 0 spiro atoms. The minimum Gasteiger partial charge on any atom is -0.447 e. The van der Waals surface area contributed by atoms with Gasteiger partial charge in [-0.05, 0) is 25.5 Å². The maximum absolute atomic E-state index is 12.1. The number of unbranched alkanes of at least 4 members (excludes halogenated alkanes) is 13. The summed E-state index contributed by atoms with van der Waals surface area (Å²) >= 11 is 1.61. The van der Waals surface area contributed by atoms with Gasteiger partial charge < -0.3 is 24.2 Å². The van der Waals surface area contributed by atoms with Crippen LogP contribution in [0.3, 0.4) is 0 Å². The fourth-order valence-electron chi connectivity index (χ4n) is 4.64. The molecular weight excluding hydrogens is 571 g/mol. The number of hydrogen-bond acceptors (Lipinski definition) is 7. The quantitative estimate of drug-likeness (QED) is 0.0621. The van der Waals surface area contributed by atoms with Crippen LogP contribution >= 0.6 is 19.9 Å². The van der Waals surface area contributed by atoms with Crippen molar-refractivity contribution in [2.24, 2.45) is 0 Å². The fourth-order valence-corrected chi connectivity index (χ4v) is 5.93. The molecule has 2 N–H and O–H groups in total. The Kier molecular flexibility index (Phi) is 21.4. The lowest BCUT2D eigenvalue weighted by Gasteiger charge is -2.19. The van der Waals surface area contributed by atoms with Crippen molar-refractivity contribution in [2.45, 2.75) is 116 Å². The largest absolute Gasteiger partial charge is 0.447 e. The number of carbonyl (C=O) groups excluding carboxylic acids is 1. The molecule has 1 heterocycles. The summed E-state index contributed by atoms with van der Waals surface area (Å²) < 4.78 is 24.2. The van der Waals surface area contributed by atoms with E-state index in [1.54, 1.807) is 11.3 Å². The molecule has 0 bridgehead atoms. The van der Waals surface area contributed by atoms with E-state index in [1.807, 2.05) is 52.8 Å². The highest BCUT2D eigenvalue weighted by Crippen LogP contribution is 2.36. The Morgan fingerprint density at radius 1 is 0.929 bits per heavy atom. The highest BCUT2D eigenvalue weighted by Gasteiger charge is 2.19. The third kappa shape index (κ3) is 18.0. The molecular formula is C32H54N2O6PS+. The SMILES string of the molecule is CCCCCCCCCCCCCCCCNC(=O)OCC(COP(O)Oc1ccccc1C[n+]1ccsc1)OCC. The molecule has 0 saturated carbocycles. The van der Waals surface area contributed by atoms with E-state index in [-0.39, 0.29) is 13.2 Å². The van der Waals surface area contributed by atoms with E-state index in [9.17, 15) is 9.69 Å². The number of nitrogens with one attached hydrogen (secondary N) is 1. The first-order chi connectivity index (χ1) is 20.6. The van der Waals surface area contributed by atoms with Crippen molar-refractivity contribution in [2.75, 3.05) is 26.4 Å². The molecule has 0 aliphatic rings. The van der Waals surface area contributed by atoms with Crippen LogP contribution in [-0.4, -0.2) is 43.5 Å². The number of nitrogens with zero attached hydrogens (tertiary/aromatic N) is 1. The molecule has 1 amide bonds. The van der Waals surface area contributed by atoms with Crippen LogP contribution in [0, 0.1) is 0 Å². The first-order valence-electron chi connectivity index (χ1n) is 15.9. The van der Waals surface area contributed by atoms with Gasteiger partial charge in [0.05, 0.1) is 17.6 Å². The third-order valence-electron chi connectivity index (χ3n) is 7.00. The van der Waals surface area contributed by atoms with Crippen molar-refractivity contribution in [3.63, 3.8) is 0 Å². The molecule has 0 saturated heterocycles. The molecule has 42 heavy (non-hydrogen) atoms. The number of para-hydroxylation sites is 1. The van der Waals surface area contributed by atoms with Gasteiger partial charge in [-0.25, -0.2) is 4.79 Å². The summed E-state index contributed by atoms with van der Waals surface area (Å²) in [5, 5.41) is 4.82. The van der Waals surface area contributed by atoms with Gasteiger partial charge in [0.1, 0.15) is 18.5 Å². The van der Waals surface area contributed by atoms with E-state index in [0.29, 0.717) is 25.4 Å². The average molecular weight is 626 g/mol. The predicted octanol–water partition coefficient (Wildman–Crippen LogP) is 8.31. The van der Waals surface area contributed by atoms with Gasteiger partial charge >= 0.3 is 14.7 Å². The Balaban J connectivity index is 1.50. The molecule has 10 heteroatoms. The fraction of sp³-hybridized carbons (Fsp3) is 0.688. The standard InChI is InChI=1S/C32H53N2O6PS/c1-3-5-6-7-8-9-10-11-12-13-14-15-16-19-22-33-32(35)38-26-30(37-4-2)27-39-41(36)40-31-21-18-17-20-29(31)25-34-23-24-42-28-34/h17-18,20-21,23-24,28,30,36H,3-16,19,22,25-27H2,1-2H3/p+1. The van der Waals surface area contributed by atoms with Crippen LogP contribution in [0.2, 0.25) is 0 Å². The van der Waals surface area contributed by atoms with E-state index in [2.05, 4.69) is 12.2 Å². The summed E-state index contributed by atoms with van der Waals surface area (Å²) in [5.41, 5.74) is 2.95. The molecule has 0 fully saturated rings. The summed E-state index contributed by atoms with van der Waals surface area (Å²) in [6.45, 7) is 5.88. The molecule has 0 aliphatic carbocycles. The van der Waals surface area contributed by atoms with Gasteiger partial charge in [-0.1, -0.05) is 114 Å². The zero-order chi connectivity index (χ0) is 30.1. The minimum absolute atomic E-state index is 0.0347. The second-order valence-electron chi connectivity index (χ2n) is 10.6. The number of benzene rings is 1. The number of rotatable bonds is 26.